The number of aliphatic hydroxyl groups is 1. The molecule has 0 bridgehead atoms. The molecule has 1 N–H and O–H groups in total. The summed E-state index contributed by atoms with van der Waals surface area (Å²) in [4.78, 5) is 24.3. The standard InChI is InChI=1S/C16H21N5O2/c1-19-9-13(18-12-19)15(22)20(2)10-16(23)6-8-21(11-16)14-5-3-4-7-17-14/h3-5,7,9,12,23H,6,8,10-11H2,1-2H3/t16-/m0/s1. The fraction of sp³-hybridized carbons (Fsp3) is 0.438. The van der Waals surface area contributed by atoms with Gasteiger partial charge in [0.25, 0.3) is 5.91 Å². The van der Waals surface area contributed by atoms with Crippen molar-refractivity contribution >= 4 is 11.7 Å². The second-order valence-electron chi connectivity index (χ2n) is 6.17. The van der Waals surface area contributed by atoms with Gasteiger partial charge in [-0.15, -0.1) is 0 Å². The summed E-state index contributed by atoms with van der Waals surface area (Å²) in [5.74, 6) is 0.664. The number of aryl methyl sites for hydroxylation is 1. The minimum absolute atomic E-state index is 0.185. The summed E-state index contributed by atoms with van der Waals surface area (Å²) in [5, 5.41) is 10.8. The number of imidazole rings is 1. The Labute approximate surface area is 135 Å². The van der Waals surface area contributed by atoms with E-state index < -0.39 is 5.60 Å². The Morgan fingerprint density at radius 2 is 2.26 bits per heavy atom. The third kappa shape index (κ3) is 3.34. The predicted octanol–water partition coefficient (Wildman–Crippen LogP) is 0.528. The van der Waals surface area contributed by atoms with Gasteiger partial charge >= 0.3 is 0 Å². The highest BCUT2D eigenvalue weighted by Gasteiger charge is 2.38. The zero-order valence-corrected chi connectivity index (χ0v) is 13.4. The first kappa shape index (κ1) is 15.5. The number of carbonyl (C=O) groups excluding carboxylic acids is 1. The molecule has 0 unspecified atom stereocenters. The van der Waals surface area contributed by atoms with Gasteiger partial charge in [-0.25, -0.2) is 9.97 Å². The monoisotopic (exact) mass is 315 g/mol. The number of rotatable bonds is 4. The molecule has 1 atom stereocenters. The van der Waals surface area contributed by atoms with E-state index >= 15 is 0 Å². The van der Waals surface area contributed by atoms with Crippen molar-refractivity contribution < 1.29 is 9.90 Å². The summed E-state index contributed by atoms with van der Waals surface area (Å²) in [5.41, 5.74) is -0.547. The SMILES string of the molecule is CN(C[C@@]1(O)CCN(c2ccccn2)C1)C(=O)c1cn(C)cn1. The van der Waals surface area contributed by atoms with Crippen LogP contribution in [0.5, 0.6) is 0 Å². The smallest absolute Gasteiger partial charge is 0.273 e. The second kappa shape index (κ2) is 6.00. The fourth-order valence-corrected chi connectivity index (χ4v) is 2.95. The van der Waals surface area contributed by atoms with Crippen LogP contribution in [0.4, 0.5) is 5.82 Å². The van der Waals surface area contributed by atoms with E-state index in [1.807, 2.05) is 30.1 Å². The number of pyridine rings is 1. The summed E-state index contributed by atoms with van der Waals surface area (Å²) in [7, 11) is 3.51. The molecule has 23 heavy (non-hydrogen) atoms. The number of aromatic nitrogens is 3. The van der Waals surface area contributed by atoms with Gasteiger partial charge in [0.05, 0.1) is 12.9 Å². The molecule has 7 nitrogen and oxygen atoms in total. The van der Waals surface area contributed by atoms with Crippen molar-refractivity contribution in [3.8, 4) is 0 Å². The van der Waals surface area contributed by atoms with Gasteiger partial charge in [-0.2, -0.15) is 0 Å². The zero-order chi connectivity index (χ0) is 16.4. The lowest BCUT2D eigenvalue weighted by atomic mass is 10.0. The summed E-state index contributed by atoms with van der Waals surface area (Å²) >= 11 is 0. The topological polar surface area (TPSA) is 74.5 Å². The van der Waals surface area contributed by atoms with Crippen LogP contribution in [0.25, 0.3) is 0 Å². The highest BCUT2D eigenvalue weighted by molar-refractivity contribution is 5.91. The van der Waals surface area contributed by atoms with Crippen LogP contribution >= 0.6 is 0 Å². The van der Waals surface area contributed by atoms with Crippen molar-refractivity contribution in [3.05, 3.63) is 42.6 Å². The minimum Gasteiger partial charge on any atom is -0.386 e. The molecule has 1 fully saturated rings. The third-order valence-corrected chi connectivity index (χ3v) is 4.11. The number of anilines is 1. The van der Waals surface area contributed by atoms with E-state index in [2.05, 4.69) is 9.97 Å². The van der Waals surface area contributed by atoms with Crippen molar-refractivity contribution in [1.82, 2.24) is 19.4 Å². The number of nitrogens with zero attached hydrogens (tertiary/aromatic N) is 5. The highest BCUT2D eigenvalue weighted by Crippen LogP contribution is 2.26. The molecule has 3 heterocycles. The number of likely N-dealkylation sites (N-methyl/N-ethyl adjacent to an activating group) is 1. The molecule has 1 amide bonds. The Morgan fingerprint density at radius 3 is 2.91 bits per heavy atom. The van der Waals surface area contributed by atoms with E-state index in [1.165, 1.54) is 4.90 Å². The largest absolute Gasteiger partial charge is 0.386 e. The second-order valence-corrected chi connectivity index (χ2v) is 6.17. The number of β-amino-alcohol motifs (C(OH)–C–C–N with tert-alkyl or cyclic N) is 1. The predicted molar refractivity (Wildman–Crippen MR) is 86.2 cm³/mol. The molecule has 1 aliphatic heterocycles. The number of hydrogen-bond donors (Lipinski definition) is 1. The molecule has 0 spiro atoms. The number of amides is 1. The Hall–Kier alpha value is -2.41. The van der Waals surface area contributed by atoms with E-state index in [0.29, 0.717) is 18.7 Å². The van der Waals surface area contributed by atoms with Crippen molar-refractivity contribution in [2.75, 3.05) is 31.6 Å². The van der Waals surface area contributed by atoms with Crippen molar-refractivity contribution in [2.45, 2.75) is 12.0 Å². The quantitative estimate of drug-likeness (QED) is 0.891. The van der Waals surface area contributed by atoms with Crippen LogP contribution in [0, 0.1) is 0 Å². The van der Waals surface area contributed by atoms with Gasteiger partial charge in [0.2, 0.25) is 0 Å². The molecule has 7 heteroatoms. The van der Waals surface area contributed by atoms with Gasteiger partial charge in [-0.3, -0.25) is 4.79 Å². The van der Waals surface area contributed by atoms with Crippen LogP contribution in [-0.2, 0) is 7.05 Å². The Kier molecular flexibility index (Phi) is 4.04. The third-order valence-electron chi connectivity index (χ3n) is 4.11. The lowest BCUT2D eigenvalue weighted by Crippen LogP contribution is -2.46. The van der Waals surface area contributed by atoms with Crippen LogP contribution in [-0.4, -0.2) is 62.7 Å². The average Bonchev–Trinajstić information content (AvgIpc) is 3.14. The minimum atomic E-state index is -0.934. The van der Waals surface area contributed by atoms with Gasteiger partial charge in [-0.1, -0.05) is 6.07 Å². The molecule has 122 valence electrons. The van der Waals surface area contributed by atoms with Crippen LogP contribution in [0.3, 0.4) is 0 Å². The fourth-order valence-electron chi connectivity index (χ4n) is 2.95. The van der Waals surface area contributed by atoms with Crippen molar-refractivity contribution in [1.29, 1.82) is 0 Å². The van der Waals surface area contributed by atoms with Crippen LogP contribution in [0.15, 0.2) is 36.9 Å². The number of hydrogen-bond acceptors (Lipinski definition) is 5. The molecule has 0 saturated carbocycles. The van der Waals surface area contributed by atoms with Gasteiger partial charge in [0, 0.05) is 39.6 Å². The molecule has 1 saturated heterocycles. The molecule has 0 aromatic carbocycles. The maximum Gasteiger partial charge on any atom is 0.273 e. The van der Waals surface area contributed by atoms with Gasteiger partial charge in [0.15, 0.2) is 0 Å². The Balaban J connectivity index is 1.64. The lowest BCUT2D eigenvalue weighted by molar-refractivity contribution is 0.0262. The normalized spacial score (nSPS) is 20.7. The highest BCUT2D eigenvalue weighted by atomic mass is 16.3. The van der Waals surface area contributed by atoms with Crippen LogP contribution < -0.4 is 4.90 Å². The first-order valence-corrected chi connectivity index (χ1v) is 7.59. The Morgan fingerprint density at radius 1 is 1.43 bits per heavy atom. The number of carbonyl (C=O) groups is 1. The summed E-state index contributed by atoms with van der Waals surface area (Å²) in [6.45, 7) is 1.45. The molecule has 3 rings (SSSR count). The first-order valence-electron chi connectivity index (χ1n) is 7.59. The molecular formula is C16H21N5O2. The van der Waals surface area contributed by atoms with E-state index in [0.717, 1.165) is 12.4 Å². The van der Waals surface area contributed by atoms with Crippen molar-refractivity contribution in [2.24, 2.45) is 7.05 Å². The zero-order valence-electron chi connectivity index (χ0n) is 13.4. The molecule has 0 radical (unpaired) electrons. The van der Waals surface area contributed by atoms with Crippen LogP contribution in [0.1, 0.15) is 16.9 Å². The molecule has 2 aromatic rings. The van der Waals surface area contributed by atoms with Gasteiger partial charge < -0.3 is 19.5 Å². The summed E-state index contributed by atoms with van der Waals surface area (Å²) in [6.07, 6.45) is 5.61. The maximum absolute atomic E-state index is 12.4. The first-order chi connectivity index (χ1) is 11.0. The van der Waals surface area contributed by atoms with Crippen molar-refractivity contribution in [3.63, 3.8) is 0 Å². The van der Waals surface area contributed by atoms with E-state index in [4.69, 9.17) is 0 Å². The molecular weight excluding hydrogens is 294 g/mol. The van der Waals surface area contributed by atoms with E-state index in [1.54, 1.807) is 30.3 Å². The average molecular weight is 315 g/mol. The van der Waals surface area contributed by atoms with Crippen LogP contribution in [0.2, 0.25) is 0 Å². The summed E-state index contributed by atoms with van der Waals surface area (Å²) in [6, 6.07) is 5.72. The molecule has 2 aromatic heterocycles. The molecule has 1 aliphatic rings. The van der Waals surface area contributed by atoms with E-state index in [9.17, 15) is 9.90 Å². The van der Waals surface area contributed by atoms with E-state index in [-0.39, 0.29) is 12.5 Å². The molecule has 0 aliphatic carbocycles. The lowest BCUT2D eigenvalue weighted by Gasteiger charge is -2.28. The van der Waals surface area contributed by atoms with Gasteiger partial charge in [0.1, 0.15) is 17.1 Å². The summed E-state index contributed by atoms with van der Waals surface area (Å²) < 4.78 is 1.73. The Bertz CT molecular complexity index is 687. The maximum atomic E-state index is 12.4. The van der Waals surface area contributed by atoms with Gasteiger partial charge in [-0.05, 0) is 18.6 Å².